The Balaban J connectivity index is 0.739. The fourth-order valence-corrected chi connectivity index (χ4v) is 12.4. The largest absolute Gasteiger partial charge is 0.508 e. The average Bonchev–Trinajstić information content (AvgIpc) is 3.84. The molecule has 4 aromatic rings. The number of fused-ring (bicyclic) bond motifs is 3. The van der Waals surface area contributed by atoms with Gasteiger partial charge in [-0.1, -0.05) is 60.7 Å². The number of Topliss-reactive ketones (excluding diaryl/α,β-unsaturated/α-hetero) is 1. The molecule has 3 heterocycles. The summed E-state index contributed by atoms with van der Waals surface area (Å²) in [7, 11) is 3.15. The van der Waals surface area contributed by atoms with Crippen molar-refractivity contribution in [1.29, 1.82) is 0 Å². The Kier molecular flexibility index (Phi) is 10.4. The van der Waals surface area contributed by atoms with Gasteiger partial charge < -0.3 is 14.7 Å². The van der Waals surface area contributed by atoms with Gasteiger partial charge in [-0.15, -0.1) is 0 Å². The van der Waals surface area contributed by atoms with Crippen LogP contribution in [0, 0.1) is 17.3 Å². The third-order valence-corrected chi connectivity index (χ3v) is 15.9. The number of phenols is 1. The number of methoxy groups -OCH3 is 1. The number of hydrogen-bond donors (Lipinski definition) is 1. The molecule has 316 valence electrons. The van der Waals surface area contributed by atoms with Crippen molar-refractivity contribution < 1.29 is 29.0 Å². The van der Waals surface area contributed by atoms with E-state index in [0.717, 1.165) is 55.5 Å². The zero-order valence-corrected chi connectivity index (χ0v) is 35.5. The molecule has 2 saturated heterocycles. The first kappa shape index (κ1) is 39.8. The third-order valence-electron chi connectivity index (χ3n) is 15.9. The van der Waals surface area contributed by atoms with E-state index >= 15 is 0 Å². The van der Waals surface area contributed by atoms with Crippen LogP contribution in [0.5, 0.6) is 11.5 Å². The molecule has 1 N–H and O–H groups in total. The van der Waals surface area contributed by atoms with Gasteiger partial charge in [0.2, 0.25) is 17.7 Å². The van der Waals surface area contributed by atoms with Gasteiger partial charge in [0.05, 0.1) is 13.7 Å². The number of rotatable bonds is 7. The number of carbonyl (C=O) groups excluding carboxylic acids is 4. The number of ketones is 1. The van der Waals surface area contributed by atoms with Gasteiger partial charge in [0.25, 0.3) is 0 Å². The Morgan fingerprint density at radius 1 is 0.754 bits per heavy atom. The van der Waals surface area contributed by atoms with E-state index < -0.39 is 11.8 Å². The summed E-state index contributed by atoms with van der Waals surface area (Å²) >= 11 is 0. The van der Waals surface area contributed by atoms with Crippen LogP contribution in [0.25, 0.3) is 0 Å². The van der Waals surface area contributed by atoms with Gasteiger partial charge in [-0.05, 0) is 133 Å². The van der Waals surface area contributed by atoms with Gasteiger partial charge in [-0.2, -0.15) is 0 Å². The van der Waals surface area contributed by atoms with Crippen molar-refractivity contribution in [3.8, 4) is 11.5 Å². The van der Waals surface area contributed by atoms with Crippen LogP contribution < -0.4 is 4.74 Å². The molecule has 1 spiro atoms. The first-order valence-corrected chi connectivity index (χ1v) is 22.6. The van der Waals surface area contributed by atoms with Crippen LogP contribution in [-0.2, 0) is 40.3 Å². The molecule has 0 aromatic heterocycles. The van der Waals surface area contributed by atoms with E-state index in [0.29, 0.717) is 66.8 Å². The smallest absolute Gasteiger partial charge is 0.236 e. The first-order chi connectivity index (χ1) is 29.6. The number of phenolic OH excluding ortho intramolecular Hbond substituents is 1. The molecule has 3 aliphatic carbocycles. The fourth-order valence-electron chi connectivity index (χ4n) is 12.4. The monoisotopic (exact) mass is 819 g/mol. The number of hydrogen-bond acceptors (Lipinski definition) is 7. The number of amides is 3. The first-order valence-electron chi connectivity index (χ1n) is 22.6. The Bertz CT molecular complexity index is 2370. The van der Waals surface area contributed by atoms with Crippen molar-refractivity contribution in [3.63, 3.8) is 0 Å². The summed E-state index contributed by atoms with van der Waals surface area (Å²) in [6.07, 6.45) is 10.0. The second-order valence-corrected chi connectivity index (χ2v) is 19.1. The lowest BCUT2D eigenvalue weighted by atomic mass is 9.64. The van der Waals surface area contributed by atoms with Crippen LogP contribution >= 0.6 is 0 Å². The molecule has 2 unspecified atom stereocenters. The summed E-state index contributed by atoms with van der Waals surface area (Å²) in [5, 5.41) is 10.3. The minimum absolute atomic E-state index is 0.0394. The highest BCUT2D eigenvalue weighted by molar-refractivity contribution is 6.07. The van der Waals surface area contributed by atoms with Crippen LogP contribution in [0.4, 0.5) is 0 Å². The SMILES string of the molecule is COc1c2c(cc3c1CC(C1CCC(=O)N(C)C1=O)C3=O)CN(CC(=O)N1CCC3(CCC(c4ccc([C@@H]5c6ccc(O)cc6CC[C@@H]5c5ccccc5)cc4)CC3)CC1)C2. The van der Waals surface area contributed by atoms with Crippen molar-refractivity contribution in [2.24, 2.45) is 17.3 Å². The van der Waals surface area contributed by atoms with E-state index in [9.17, 15) is 24.3 Å². The predicted molar refractivity (Wildman–Crippen MR) is 232 cm³/mol. The maximum atomic E-state index is 13.8. The third kappa shape index (κ3) is 7.16. The van der Waals surface area contributed by atoms with E-state index in [1.54, 1.807) is 7.11 Å². The number of piperidine rings is 2. The predicted octanol–water partition coefficient (Wildman–Crippen LogP) is 8.29. The zero-order chi connectivity index (χ0) is 42.0. The summed E-state index contributed by atoms with van der Waals surface area (Å²) in [4.78, 5) is 58.1. The Hall–Kier alpha value is -5.28. The van der Waals surface area contributed by atoms with E-state index in [1.807, 2.05) is 18.2 Å². The topological polar surface area (TPSA) is 107 Å². The van der Waals surface area contributed by atoms with E-state index in [2.05, 4.69) is 70.5 Å². The number of carbonyl (C=O) groups is 4. The van der Waals surface area contributed by atoms with E-state index in [4.69, 9.17) is 4.74 Å². The van der Waals surface area contributed by atoms with Crippen LogP contribution in [0.15, 0.2) is 78.9 Å². The molecule has 9 nitrogen and oxygen atoms in total. The average molecular weight is 820 g/mol. The summed E-state index contributed by atoms with van der Waals surface area (Å²) < 4.78 is 5.95. The van der Waals surface area contributed by atoms with Gasteiger partial charge in [0, 0.05) is 74.1 Å². The van der Waals surface area contributed by atoms with E-state index in [1.165, 1.54) is 65.4 Å². The van der Waals surface area contributed by atoms with Crippen LogP contribution in [0.3, 0.4) is 0 Å². The molecule has 1 saturated carbocycles. The Labute approximate surface area is 359 Å². The van der Waals surface area contributed by atoms with Gasteiger partial charge in [-0.3, -0.25) is 29.0 Å². The number of aryl methyl sites for hydroxylation is 1. The van der Waals surface area contributed by atoms with Gasteiger partial charge in [0.1, 0.15) is 11.5 Å². The van der Waals surface area contributed by atoms with Gasteiger partial charge in [-0.25, -0.2) is 0 Å². The molecule has 10 rings (SSSR count). The Morgan fingerprint density at radius 3 is 2.21 bits per heavy atom. The number of ether oxygens (including phenoxy) is 1. The van der Waals surface area contributed by atoms with Crippen LogP contribution in [-0.4, -0.2) is 77.1 Å². The molecule has 9 heteroatoms. The van der Waals surface area contributed by atoms with Crippen molar-refractivity contribution in [3.05, 3.63) is 129 Å². The molecular formula is C52H57N3O6. The van der Waals surface area contributed by atoms with Crippen LogP contribution in [0.1, 0.15) is 130 Å². The minimum atomic E-state index is -0.495. The lowest BCUT2D eigenvalue weighted by Crippen LogP contribution is -2.47. The van der Waals surface area contributed by atoms with Crippen molar-refractivity contribution >= 4 is 23.5 Å². The van der Waals surface area contributed by atoms with E-state index in [-0.39, 0.29) is 35.8 Å². The summed E-state index contributed by atoms with van der Waals surface area (Å²) in [5.74, 6) is 0.962. The maximum Gasteiger partial charge on any atom is 0.236 e. The molecule has 3 fully saturated rings. The highest BCUT2D eigenvalue weighted by Gasteiger charge is 2.46. The fraction of sp³-hybridized carbons (Fsp3) is 0.462. The molecule has 61 heavy (non-hydrogen) atoms. The molecule has 3 aliphatic heterocycles. The lowest BCUT2D eigenvalue weighted by molar-refractivity contribution is -0.151. The quantitative estimate of drug-likeness (QED) is 0.187. The second kappa shape index (κ2) is 15.9. The zero-order valence-electron chi connectivity index (χ0n) is 35.5. The highest BCUT2D eigenvalue weighted by Crippen LogP contribution is 2.51. The summed E-state index contributed by atoms with van der Waals surface area (Å²) in [5.41, 5.74) is 10.6. The van der Waals surface area contributed by atoms with Crippen molar-refractivity contribution in [2.45, 2.75) is 101 Å². The second-order valence-electron chi connectivity index (χ2n) is 19.1. The molecule has 4 aromatic carbocycles. The van der Waals surface area contributed by atoms with Crippen LogP contribution in [0.2, 0.25) is 0 Å². The molecule has 3 amide bonds. The number of nitrogens with zero attached hydrogens (tertiary/aromatic N) is 3. The minimum Gasteiger partial charge on any atom is -0.508 e. The number of aromatic hydroxyl groups is 1. The molecule has 4 atom stereocenters. The maximum absolute atomic E-state index is 13.8. The van der Waals surface area contributed by atoms with Gasteiger partial charge in [0.15, 0.2) is 5.78 Å². The highest BCUT2D eigenvalue weighted by atomic mass is 16.5. The standard InChI is InChI=1S/C52H57N3O6/c1-53-46(57)17-16-41(51(53)60)43-28-44-42(49(43)59)27-37-29-54(30-45(37)50(44)61-2)31-47(58)55-24-22-52(23-25-55)20-18-33(19-21-52)32-8-10-35(11-9-32)48-39(34-6-4-3-5-7-34)14-12-36-26-38(56)13-15-40(36)48/h3-11,13,15,26-27,33,39,41,43,48,56H,12,14,16-25,28-31H2,1-2H3/t39-,41?,43?,48+/m1/s1. The normalized spacial score (nSPS) is 25.1. The summed E-state index contributed by atoms with van der Waals surface area (Å²) in [6, 6.07) is 28.3. The molecule has 6 aliphatic rings. The number of benzene rings is 4. The molecular weight excluding hydrogens is 763 g/mol. The molecule has 0 radical (unpaired) electrons. The summed E-state index contributed by atoms with van der Waals surface area (Å²) in [6.45, 7) is 3.10. The number of likely N-dealkylation sites (tertiary alicyclic amines) is 2. The van der Waals surface area contributed by atoms with Gasteiger partial charge >= 0.3 is 0 Å². The Morgan fingerprint density at radius 2 is 1.48 bits per heavy atom. The van der Waals surface area contributed by atoms with Crippen molar-refractivity contribution in [1.82, 2.24) is 14.7 Å². The van der Waals surface area contributed by atoms with Crippen molar-refractivity contribution in [2.75, 3.05) is 33.8 Å². The number of imide groups is 1. The lowest BCUT2D eigenvalue weighted by Gasteiger charge is -2.46. The molecule has 0 bridgehead atoms.